The minimum atomic E-state index is 0.798. The van der Waals surface area contributed by atoms with Crippen LogP contribution in [-0.2, 0) is 0 Å². The minimum Gasteiger partial charge on any atom is -0.490 e. The molecule has 1 aliphatic rings. The second kappa shape index (κ2) is 5.06. The van der Waals surface area contributed by atoms with Crippen LogP contribution in [0.5, 0.6) is 5.75 Å². The molecule has 0 radical (unpaired) electrons. The van der Waals surface area contributed by atoms with Crippen LogP contribution in [-0.4, -0.2) is 20.2 Å². The second-order valence-electron chi connectivity index (χ2n) is 3.62. The van der Waals surface area contributed by atoms with Gasteiger partial charge in [0.25, 0.3) is 0 Å². The summed E-state index contributed by atoms with van der Waals surface area (Å²) in [7, 11) is 2.12. The van der Waals surface area contributed by atoms with E-state index >= 15 is 0 Å². The Labute approximate surface area is 92.9 Å². The van der Waals surface area contributed by atoms with Crippen LogP contribution in [0.15, 0.2) is 12.1 Å². The van der Waals surface area contributed by atoms with Crippen molar-refractivity contribution in [2.45, 2.75) is 27.7 Å². The van der Waals surface area contributed by atoms with Gasteiger partial charge in [-0.2, -0.15) is 0 Å². The van der Waals surface area contributed by atoms with Crippen LogP contribution >= 0.6 is 0 Å². The van der Waals surface area contributed by atoms with E-state index in [0.717, 1.165) is 18.9 Å². The molecule has 0 aromatic heterocycles. The van der Waals surface area contributed by atoms with E-state index in [-0.39, 0.29) is 0 Å². The van der Waals surface area contributed by atoms with Crippen LogP contribution in [0.2, 0.25) is 0 Å². The Balaban J connectivity index is 0.000000531. The van der Waals surface area contributed by atoms with Crippen LogP contribution in [0.4, 0.5) is 5.69 Å². The van der Waals surface area contributed by atoms with Crippen molar-refractivity contribution in [1.29, 1.82) is 0 Å². The van der Waals surface area contributed by atoms with Gasteiger partial charge in [-0.05, 0) is 31.0 Å². The molecule has 1 aliphatic heterocycles. The fraction of sp³-hybridized carbons (Fsp3) is 0.538. The summed E-state index contributed by atoms with van der Waals surface area (Å²) in [6, 6.07) is 4.18. The molecule has 0 aliphatic carbocycles. The van der Waals surface area contributed by atoms with Gasteiger partial charge in [-0.15, -0.1) is 0 Å². The monoisotopic (exact) mass is 207 g/mol. The highest BCUT2D eigenvalue weighted by Gasteiger charge is 2.17. The number of nitrogens with zero attached hydrogens (tertiary/aromatic N) is 1. The molecule has 0 atom stereocenters. The highest BCUT2D eigenvalue weighted by atomic mass is 16.5. The van der Waals surface area contributed by atoms with Gasteiger partial charge in [0.05, 0.1) is 12.2 Å². The SMILES string of the molecule is CC.Cc1ccc2c(c1C)N(C)CCO2. The second-order valence-corrected chi connectivity index (χ2v) is 3.62. The number of aryl methyl sites for hydroxylation is 1. The van der Waals surface area contributed by atoms with Crippen LogP contribution < -0.4 is 9.64 Å². The summed E-state index contributed by atoms with van der Waals surface area (Å²) in [6.45, 7) is 10.1. The van der Waals surface area contributed by atoms with Gasteiger partial charge in [0.1, 0.15) is 12.4 Å². The maximum Gasteiger partial charge on any atom is 0.142 e. The first kappa shape index (κ1) is 11.9. The van der Waals surface area contributed by atoms with Crippen molar-refractivity contribution in [3.05, 3.63) is 23.3 Å². The first-order valence-electron chi connectivity index (χ1n) is 5.64. The molecule has 1 aromatic rings. The molecule has 0 fully saturated rings. The van der Waals surface area contributed by atoms with E-state index in [1.807, 2.05) is 13.8 Å². The van der Waals surface area contributed by atoms with Crippen molar-refractivity contribution in [1.82, 2.24) is 0 Å². The smallest absolute Gasteiger partial charge is 0.142 e. The van der Waals surface area contributed by atoms with Gasteiger partial charge < -0.3 is 9.64 Å². The lowest BCUT2D eigenvalue weighted by atomic mass is 10.1. The Morgan fingerprint density at radius 3 is 2.53 bits per heavy atom. The molecular weight excluding hydrogens is 186 g/mol. The molecule has 0 saturated heterocycles. The van der Waals surface area contributed by atoms with Crippen LogP contribution in [0, 0.1) is 13.8 Å². The van der Waals surface area contributed by atoms with E-state index in [4.69, 9.17) is 4.74 Å². The van der Waals surface area contributed by atoms with Crippen molar-refractivity contribution in [3.8, 4) is 5.75 Å². The van der Waals surface area contributed by atoms with Gasteiger partial charge >= 0.3 is 0 Å². The van der Waals surface area contributed by atoms with E-state index in [1.165, 1.54) is 16.8 Å². The number of fused-ring (bicyclic) bond motifs is 1. The van der Waals surface area contributed by atoms with E-state index in [2.05, 4.69) is 37.9 Å². The van der Waals surface area contributed by atoms with E-state index in [9.17, 15) is 0 Å². The maximum absolute atomic E-state index is 5.59. The van der Waals surface area contributed by atoms with Crippen LogP contribution in [0.1, 0.15) is 25.0 Å². The molecule has 0 N–H and O–H groups in total. The summed E-state index contributed by atoms with van der Waals surface area (Å²) in [4.78, 5) is 2.27. The van der Waals surface area contributed by atoms with Crippen molar-refractivity contribution in [2.24, 2.45) is 0 Å². The third kappa shape index (κ3) is 2.25. The Morgan fingerprint density at radius 2 is 1.87 bits per heavy atom. The summed E-state index contributed by atoms with van der Waals surface area (Å²) < 4.78 is 5.59. The van der Waals surface area contributed by atoms with Gasteiger partial charge in [-0.3, -0.25) is 0 Å². The van der Waals surface area contributed by atoms with E-state index in [0.29, 0.717) is 0 Å². The average molecular weight is 207 g/mol. The molecule has 0 unspecified atom stereocenters. The van der Waals surface area contributed by atoms with Crippen molar-refractivity contribution >= 4 is 5.69 Å². The molecule has 0 spiro atoms. The lowest BCUT2D eigenvalue weighted by molar-refractivity contribution is 0.311. The molecule has 2 nitrogen and oxygen atoms in total. The standard InChI is InChI=1S/C11H15NO.C2H6/c1-8-4-5-10-11(9(8)2)12(3)6-7-13-10;1-2/h4-5H,6-7H2,1-3H3;1-2H3. The molecule has 84 valence electrons. The summed E-state index contributed by atoms with van der Waals surface area (Å²) >= 11 is 0. The maximum atomic E-state index is 5.59. The number of benzene rings is 1. The van der Waals surface area contributed by atoms with E-state index in [1.54, 1.807) is 0 Å². The molecule has 0 saturated carbocycles. The zero-order valence-corrected chi connectivity index (χ0v) is 10.4. The molecule has 15 heavy (non-hydrogen) atoms. The van der Waals surface area contributed by atoms with Crippen molar-refractivity contribution < 1.29 is 4.74 Å². The molecule has 1 heterocycles. The molecule has 2 rings (SSSR count). The summed E-state index contributed by atoms with van der Waals surface area (Å²) in [6.07, 6.45) is 0. The quantitative estimate of drug-likeness (QED) is 0.648. The van der Waals surface area contributed by atoms with Gasteiger partial charge in [0.2, 0.25) is 0 Å². The van der Waals surface area contributed by atoms with Gasteiger partial charge in [-0.25, -0.2) is 0 Å². The topological polar surface area (TPSA) is 12.5 Å². The van der Waals surface area contributed by atoms with Crippen LogP contribution in [0.3, 0.4) is 0 Å². The molecule has 1 aromatic carbocycles. The van der Waals surface area contributed by atoms with Gasteiger partial charge in [0, 0.05) is 7.05 Å². The summed E-state index contributed by atoms with van der Waals surface area (Å²) in [5.74, 6) is 1.02. The molecule has 0 bridgehead atoms. The first-order chi connectivity index (χ1) is 7.20. The summed E-state index contributed by atoms with van der Waals surface area (Å²) in [5, 5.41) is 0. The normalized spacial score (nSPS) is 13.5. The predicted octanol–water partition coefficient (Wildman–Crippen LogP) is 3.16. The number of rotatable bonds is 0. The summed E-state index contributed by atoms with van der Waals surface area (Å²) in [5.41, 5.74) is 3.92. The fourth-order valence-corrected chi connectivity index (χ4v) is 1.77. The number of likely N-dealkylation sites (N-methyl/N-ethyl adjacent to an activating group) is 1. The Kier molecular flexibility index (Phi) is 4.01. The third-order valence-electron chi connectivity index (χ3n) is 2.73. The highest BCUT2D eigenvalue weighted by Crippen LogP contribution is 2.35. The number of hydrogen-bond acceptors (Lipinski definition) is 2. The predicted molar refractivity (Wildman–Crippen MR) is 66.0 cm³/mol. The number of ether oxygens (including phenoxy) is 1. The van der Waals surface area contributed by atoms with Crippen LogP contribution in [0.25, 0.3) is 0 Å². The number of anilines is 1. The largest absolute Gasteiger partial charge is 0.490 e. The molecule has 0 amide bonds. The minimum absolute atomic E-state index is 0.798. The fourth-order valence-electron chi connectivity index (χ4n) is 1.77. The molecule has 2 heteroatoms. The third-order valence-corrected chi connectivity index (χ3v) is 2.73. The zero-order chi connectivity index (χ0) is 11.4. The van der Waals surface area contributed by atoms with Gasteiger partial charge in [-0.1, -0.05) is 19.9 Å². The molecular formula is C13H21NO. The number of hydrogen-bond donors (Lipinski definition) is 0. The Morgan fingerprint density at radius 1 is 1.20 bits per heavy atom. The van der Waals surface area contributed by atoms with Crippen molar-refractivity contribution in [3.63, 3.8) is 0 Å². The lowest BCUT2D eigenvalue weighted by Crippen LogP contribution is -2.29. The van der Waals surface area contributed by atoms with Gasteiger partial charge in [0.15, 0.2) is 0 Å². The first-order valence-corrected chi connectivity index (χ1v) is 5.64. The lowest BCUT2D eigenvalue weighted by Gasteiger charge is -2.29. The van der Waals surface area contributed by atoms with Crippen molar-refractivity contribution in [2.75, 3.05) is 25.1 Å². The zero-order valence-electron chi connectivity index (χ0n) is 10.4. The average Bonchev–Trinajstić information content (AvgIpc) is 2.26. The Bertz CT molecular complexity index is 334. The Hall–Kier alpha value is -1.18. The van der Waals surface area contributed by atoms with E-state index < -0.39 is 0 Å². The highest BCUT2D eigenvalue weighted by molar-refractivity contribution is 5.66.